The molecule has 0 bridgehead atoms. The van der Waals surface area contributed by atoms with Crippen molar-refractivity contribution >= 4 is 0 Å². The molecule has 0 aliphatic rings. The molecular formula is C10H13NO2. The van der Waals surface area contributed by atoms with E-state index in [0.29, 0.717) is 6.42 Å². The van der Waals surface area contributed by atoms with Gasteiger partial charge in [-0.05, 0) is 19.4 Å². The van der Waals surface area contributed by atoms with Gasteiger partial charge in [0, 0.05) is 11.3 Å². The SMILES string of the molecule is Cc1cc(C)cc(CC[N+](=O)[O-])c1. The first-order valence-corrected chi connectivity index (χ1v) is 4.27. The Morgan fingerprint density at radius 3 is 2.23 bits per heavy atom. The van der Waals surface area contributed by atoms with Crippen LogP contribution in [0.1, 0.15) is 16.7 Å². The highest BCUT2D eigenvalue weighted by Crippen LogP contribution is 2.09. The maximum Gasteiger partial charge on any atom is 0.207 e. The Kier molecular flexibility index (Phi) is 3.01. The summed E-state index contributed by atoms with van der Waals surface area (Å²) in [6, 6.07) is 6.06. The minimum Gasteiger partial charge on any atom is -0.265 e. The van der Waals surface area contributed by atoms with Gasteiger partial charge in [-0.15, -0.1) is 0 Å². The van der Waals surface area contributed by atoms with Gasteiger partial charge in [0.2, 0.25) is 6.54 Å². The van der Waals surface area contributed by atoms with E-state index in [4.69, 9.17) is 0 Å². The van der Waals surface area contributed by atoms with Crippen LogP contribution < -0.4 is 0 Å². The highest BCUT2D eigenvalue weighted by atomic mass is 16.6. The summed E-state index contributed by atoms with van der Waals surface area (Å²) < 4.78 is 0. The third-order valence-electron chi connectivity index (χ3n) is 1.86. The summed E-state index contributed by atoms with van der Waals surface area (Å²) in [5.74, 6) is 0. The summed E-state index contributed by atoms with van der Waals surface area (Å²) in [4.78, 5) is 9.87. The van der Waals surface area contributed by atoms with Gasteiger partial charge in [-0.1, -0.05) is 29.3 Å². The van der Waals surface area contributed by atoms with Crippen LogP contribution in [0.3, 0.4) is 0 Å². The van der Waals surface area contributed by atoms with Crippen molar-refractivity contribution in [3.8, 4) is 0 Å². The Morgan fingerprint density at radius 2 is 1.77 bits per heavy atom. The van der Waals surface area contributed by atoms with Gasteiger partial charge < -0.3 is 0 Å². The number of hydrogen-bond donors (Lipinski definition) is 0. The quantitative estimate of drug-likeness (QED) is 0.527. The summed E-state index contributed by atoms with van der Waals surface area (Å²) in [5.41, 5.74) is 3.38. The molecule has 1 aromatic rings. The average Bonchev–Trinajstić information content (AvgIpc) is 1.99. The van der Waals surface area contributed by atoms with Gasteiger partial charge in [-0.3, -0.25) is 10.1 Å². The first-order chi connectivity index (χ1) is 6.08. The van der Waals surface area contributed by atoms with Crippen molar-refractivity contribution in [2.75, 3.05) is 6.54 Å². The molecule has 0 aliphatic heterocycles. The van der Waals surface area contributed by atoms with Crippen molar-refractivity contribution in [1.82, 2.24) is 0 Å². The van der Waals surface area contributed by atoms with Gasteiger partial charge in [0.25, 0.3) is 0 Å². The first kappa shape index (κ1) is 9.71. The van der Waals surface area contributed by atoms with E-state index in [1.807, 2.05) is 26.0 Å². The Labute approximate surface area is 77.5 Å². The molecule has 70 valence electrons. The fourth-order valence-corrected chi connectivity index (χ4v) is 1.43. The van der Waals surface area contributed by atoms with E-state index in [1.54, 1.807) is 0 Å². The van der Waals surface area contributed by atoms with Crippen molar-refractivity contribution in [3.63, 3.8) is 0 Å². The Balaban J connectivity index is 2.71. The van der Waals surface area contributed by atoms with E-state index < -0.39 is 0 Å². The number of nitrogens with zero attached hydrogens (tertiary/aromatic N) is 1. The second-order valence-corrected chi connectivity index (χ2v) is 3.30. The van der Waals surface area contributed by atoms with E-state index in [1.165, 1.54) is 11.1 Å². The van der Waals surface area contributed by atoms with Crippen LogP contribution in [-0.4, -0.2) is 11.5 Å². The summed E-state index contributed by atoms with van der Waals surface area (Å²) in [6.45, 7) is 4.02. The molecule has 0 saturated heterocycles. The highest BCUT2D eigenvalue weighted by molar-refractivity contribution is 5.28. The lowest BCUT2D eigenvalue weighted by molar-refractivity contribution is -0.479. The molecule has 1 rings (SSSR count). The molecule has 0 heterocycles. The molecule has 0 atom stereocenters. The van der Waals surface area contributed by atoms with Gasteiger partial charge in [0.15, 0.2) is 0 Å². The van der Waals surface area contributed by atoms with Gasteiger partial charge >= 0.3 is 0 Å². The second-order valence-electron chi connectivity index (χ2n) is 3.30. The van der Waals surface area contributed by atoms with Crippen LogP contribution in [0, 0.1) is 24.0 Å². The predicted octanol–water partition coefficient (Wildman–Crippen LogP) is 2.12. The van der Waals surface area contributed by atoms with Crippen LogP contribution in [0.25, 0.3) is 0 Å². The summed E-state index contributed by atoms with van der Waals surface area (Å²) >= 11 is 0. The van der Waals surface area contributed by atoms with Crippen LogP contribution in [0.15, 0.2) is 18.2 Å². The van der Waals surface area contributed by atoms with Crippen molar-refractivity contribution < 1.29 is 4.92 Å². The smallest absolute Gasteiger partial charge is 0.207 e. The number of hydrogen-bond acceptors (Lipinski definition) is 2. The lowest BCUT2D eigenvalue weighted by atomic mass is 10.1. The van der Waals surface area contributed by atoms with Gasteiger partial charge in [0.05, 0.1) is 0 Å². The molecule has 0 aliphatic carbocycles. The van der Waals surface area contributed by atoms with Crippen molar-refractivity contribution in [3.05, 3.63) is 45.0 Å². The van der Waals surface area contributed by atoms with E-state index in [0.717, 1.165) is 5.56 Å². The lowest BCUT2D eigenvalue weighted by Crippen LogP contribution is -2.04. The number of nitro groups is 1. The molecule has 0 spiro atoms. The largest absolute Gasteiger partial charge is 0.265 e. The molecule has 0 unspecified atom stereocenters. The molecule has 13 heavy (non-hydrogen) atoms. The highest BCUT2D eigenvalue weighted by Gasteiger charge is 2.00. The monoisotopic (exact) mass is 179 g/mol. The third kappa shape index (κ3) is 3.23. The fraction of sp³-hybridized carbons (Fsp3) is 0.400. The maximum absolute atomic E-state index is 10.1. The molecule has 0 amide bonds. The topological polar surface area (TPSA) is 43.1 Å². The van der Waals surface area contributed by atoms with E-state index >= 15 is 0 Å². The first-order valence-electron chi connectivity index (χ1n) is 4.27. The minimum atomic E-state index is -0.280. The molecule has 0 N–H and O–H groups in total. The fourth-order valence-electron chi connectivity index (χ4n) is 1.43. The van der Waals surface area contributed by atoms with Gasteiger partial charge in [-0.25, -0.2) is 0 Å². The Morgan fingerprint density at radius 1 is 1.23 bits per heavy atom. The molecule has 0 aromatic heterocycles. The normalized spacial score (nSPS) is 10.0. The van der Waals surface area contributed by atoms with E-state index in [2.05, 4.69) is 6.07 Å². The third-order valence-corrected chi connectivity index (χ3v) is 1.86. The average molecular weight is 179 g/mol. The van der Waals surface area contributed by atoms with E-state index in [9.17, 15) is 10.1 Å². The zero-order valence-corrected chi connectivity index (χ0v) is 7.91. The van der Waals surface area contributed by atoms with Crippen molar-refractivity contribution in [1.29, 1.82) is 0 Å². The minimum absolute atomic E-state index is 0.0168. The lowest BCUT2D eigenvalue weighted by Gasteiger charge is -2.01. The van der Waals surface area contributed by atoms with Gasteiger partial charge in [-0.2, -0.15) is 0 Å². The number of aryl methyl sites for hydroxylation is 2. The molecule has 3 nitrogen and oxygen atoms in total. The molecule has 3 heteroatoms. The summed E-state index contributed by atoms with van der Waals surface area (Å²) in [5, 5.41) is 10.1. The molecular weight excluding hydrogens is 166 g/mol. The number of benzene rings is 1. The van der Waals surface area contributed by atoms with Crippen LogP contribution in [-0.2, 0) is 6.42 Å². The van der Waals surface area contributed by atoms with Crippen molar-refractivity contribution in [2.45, 2.75) is 20.3 Å². The Hall–Kier alpha value is -1.38. The maximum atomic E-state index is 10.1. The molecule has 0 radical (unpaired) electrons. The van der Waals surface area contributed by atoms with Gasteiger partial charge in [0.1, 0.15) is 0 Å². The van der Waals surface area contributed by atoms with E-state index in [-0.39, 0.29) is 11.5 Å². The van der Waals surface area contributed by atoms with Crippen LogP contribution >= 0.6 is 0 Å². The molecule has 0 saturated carbocycles. The Bertz CT molecular complexity index is 300. The standard InChI is InChI=1S/C10H13NO2/c1-8-5-9(2)7-10(6-8)3-4-11(12)13/h5-7H,3-4H2,1-2H3. The summed E-state index contributed by atoms with van der Waals surface area (Å²) in [7, 11) is 0. The zero-order valence-electron chi connectivity index (χ0n) is 7.91. The van der Waals surface area contributed by atoms with Crippen molar-refractivity contribution in [2.24, 2.45) is 0 Å². The summed E-state index contributed by atoms with van der Waals surface area (Å²) in [6.07, 6.45) is 0.523. The van der Waals surface area contributed by atoms with Crippen LogP contribution in [0.2, 0.25) is 0 Å². The predicted molar refractivity (Wildman–Crippen MR) is 51.5 cm³/mol. The zero-order chi connectivity index (χ0) is 9.84. The van der Waals surface area contributed by atoms with Crippen LogP contribution in [0.5, 0.6) is 0 Å². The molecule has 0 fully saturated rings. The number of rotatable bonds is 3. The molecule has 1 aromatic carbocycles. The van der Waals surface area contributed by atoms with Crippen LogP contribution in [0.4, 0.5) is 0 Å². The second kappa shape index (κ2) is 4.03.